The highest BCUT2D eigenvalue weighted by molar-refractivity contribution is 6.30. The third-order valence-corrected chi connectivity index (χ3v) is 2.37. The molecule has 0 spiro atoms. The normalized spacial score (nSPS) is 10.3. The maximum atomic E-state index is 8.97. The zero-order valence-corrected chi connectivity index (χ0v) is 9.98. The van der Waals surface area contributed by atoms with Crippen molar-refractivity contribution in [3.8, 4) is 11.6 Å². The van der Waals surface area contributed by atoms with Gasteiger partial charge in [0.2, 0.25) is 5.88 Å². The van der Waals surface area contributed by atoms with Crippen molar-refractivity contribution in [3.05, 3.63) is 46.9 Å². The van der Waals surface area contributed by atoms with E-state index in [1.54, 1.807) is 18.5 Å². The van der Waals surface area contributed by atoms with Gasteiger partial charge >= 0.3 is 0 Å². The summed E-state index contributed by atoms with van der Waals surface area (Å²) in [6.07, 6.45) is 4.66. The van der Waals surface area contributed by atoms with Gasteiger partial charge in [0.25, 0.3) is 0 Å². The van der Waals surface area contributed by atoms with Crippen LogP contribution in [0.3, 0.4) is 0 Å². The van der Waals surface area contributed by atoms with E-state index in [9.17, 15) is 0 Å². The Morgan fingerprint density at radius 1 is 1.29 bits per heavy atom. The van der Waals surface area contributed by atoms with Gasteiger partial charge in [0, 0.05) is 24.0 Å². The number of halogens is 1. The fourth-order valence-corrected chi connectivity index (χ4v) is 1.54. The first-order valence-corrected chi connectivity index (χ1v) is 5.41. The number of aryl methyl sites for hydroxylation is 1. The molecule has 17 heavy (non-hydrogen) atoms. The smallest absolute Gasteiger partial charge is 0.222 e. The van der Waals surface area contributed by atoms with E-state index in [1.807, 2.05) is 13.0 Å². The molecule has 0 aromatic carbocycles. The summed E-state index contributed by atoms with van der Waals surface area (Å²) < 4.78 is 5.55. The lowest BCUT2D eigenvalue weighted by Gasteiger charge is -2.08. The second-order valence-electron chi connectivity index (χ2n) is 3.56. The van der Waals surface area contributed by atoms with E-state index in [-0.39, 0.29) is 6.61 Å². The average molecular weight is 251 g/mol. The molecule has 1 N–H and O–H groups in total. The Morgan fingerprint density at radius 3 is 2.76 bits per heavy atom. The molecule has 0 amide bonds. The first kappa shape index (κ1) is 11.8. The van der Waals surface area contributed by atoms with Crippen molar-refractivity contribution >= 4 is 11.6 Å². The van der Waals surface area contributed by atoms with E-state index < -0.39 is 0 Å². The molecule has 0 atom stereocenters. The zero-order valence-electron chi connectivity index (χ0n) is 9.22. The third-order valence-electron chi connectivity index (χ3n) is 2.16. The van der Waals surface area contributed by atoms with Crippen LogP contribution in [-0.4, -0.2) is 15.1 Å². The van der Waals surface area contributed by atoms with E-state index in [4.69, 9.17) is 21.4 Å². The van der Waals surface area contributed by atoms with Crippen LogP contribution in [0.1, 0.15) is 11.1 Å². The molecule has 5 heteroatoms. The summed E-state index contributed by atoms with van der Waals surface area (Å²) in [6, 6.07) is 3.48. The standard InChI is InChI=1S/C12H11ClN2O2/c1-8-2-9(7-16)4-15-12(8)17-11-3-10(13)5-14-6-11/h2-6,16H,7H2,1H3. The predicted molar refractivity (Wildman–Crippen MR) is 64.2 cm³/mol. The minimum Gasteiger partial charge on any atom is -0.437 e. The Hall–Kier alpha value is -1.65. The van der Waals surface area contributed by atoms with Crippen LogP contribution >= 0.6 is 11.6 Å². The van der Waals surface area contributed by atoms with Gasteiger partial charge < -0.3 is 9.84 Å². The van der Waals surface area contributed by atoms with Crippen molar-refractivity contribution in [2.75, 3.05) is 0 Å². The van der Waals surface area contributed by atoms with Crippen LogP contribution in [0.2, 0.25) is 5.02 Å². The maximum absolute atomic E-state index is 8.97. The molecule has 0 saturated heterocycles. The molecule has 0 bridgehead atoms. The number of aliphatic hydroxyl groups excluding tert-OH is 1. The number of aliphatic hydroxyl groups is 1. The Kier molecular flexibility index (Phi) is 3.56. The van der Waals surface area contributed by atoms with Crippen molar-refractivity contribution in [1.82, 2.24) is 9.97 Å². The van der Waals surface area contributed by atoms with Crippen molar-refractivity contribution in [2.45, 2.75) is 13.5 Å². The summed E-state index contributed by atoms with van der Waals surface area (Å²) in [5.41, 5.74) is 1.59. The number of hydrogen-bond donors (Lipinski definition) is 1. The molecule has 2 rings (SSSR count). The predicted octanol–water partition coefficient (Wildman–Crippen LogP) is 2.72. The molecule has 0 aliphatic rings. The van der Waals surface area contributed by atoms with E-state index in [0.29, 0.717) is 16.7 Å². The molecule has 0 unspecified atom stereocenters. The summed E-state index contributed by atoms with van der Waals surface area (Å²) in [6.45, 7) is 1.83. The first-order chi connectivity index (χ1) is 8.19. The van der Waals surface area contributed by atoms with Crippen LogP contribution in [-0.2, 0) is 6.61 Å². The van der Waals surface area contributed by atoms with Crippen LogP contribution in [0.5, 0.6) is 11.6 Å². The van der Waals surface area contributed by atoms with E-state index in [0.717, 1.165) is 11.1 Å². The number of ether oxygens (including phenoxy) is 1. The molecule has 0 aliphatic carbocycles. The van der Waals surface area contributed by atoms with E-state index in [2.05, 4.69) is 9.97 Å². The number of aromatic nitrogens is 2. The molecule has 0 aliphatic heterocycles. The molecule has 0 radical (unpaired) electrons. The fourth-order valence-electron chi connectivity index (χ4n) is 1.37. The molecule has 2 aromatic heterocycles. The van der Waals surface area contributed by atoms with Gasteiger partial charge in [-0.3, -0.25) is 4.98 Å². The largest absolute Gasteiger partial charge is 0.437 e. The van der Waals surface area contributed by atoms with Crippen molar-refractivity contribution in [2.24, 2.45) is 0 Å². The Labute approximate surface area is 104 Å². The summed E-state index contributed by atoms with van der Waals surface area (Å²) in [5.74, 6) is 1.01. The van der Waals surface area contributed by atoms with Crippen LogP contribution < -0.4 is 4.74 Å². The number of rotatable bonds is 3. The minimum absolute atomic E-state index is 0.0349. The molecule has 4 nitrogen and oxygen atoms in total. The summed E-state index contributed by atoms with van der Waals surface area (Å²) >= 11 is 5.80. The monoisotopic (exact) mass is 250 g/mol. The highest BCUT2D eigenvalue weighted by Crippen LogP contribution is 2.24. The van der Waals surface area contributed by atoms with Crippen molar-refractivity contribution in [1.29, 1.82) is 0 Å². The van der Waals surface area contributed by atoms with E-state index >= 15 is 0 Å². The number of hydrogen-bond acceptors (Lipinski definition) is 4. The highest BCUT2D eigenvalue weighted by Gasteiger charge is 2.05. The van der Waals surface area contributed by atoms with Gasteiger partial charge in [0.1, 0.15) is 5.75 Å². The Morgan fingerprint density at radius 2 is 2.12 bits per heavy atom. The van der Waals surface area contributed by atoms with Crippen LogP contribution in [0.4, 0.5) is 0 Å². The summed E-state index contributed by atoms with van der Waals surface area (Å²) in [5, 5.41) is 9.48. The molecule has 88 valence electrons. The molecular weight excluding hydrogens is 240 g/mol. The van der Waals surface area contributed by atoms with Gasteiger partial charge in [0.05, 0.1) is 17.8 Å². The highest BCUT2D eigenvalue weighted by atomic mass is 35.5. The van der Waals surface area contributed by atoms with Crippen molar-refractivity contribution < 1.29 is 9.84 Å². The Bertz CT molecular complexity index is 532. The zero-order chi connectivity index (χ0) is 12.3. The second-order valence-corrected chi connectivity index (χ2v) is 4.00. The van der Waals surface area contributed by atoms with Gasteiger partial charge in [0.15, 0.2) is 0 Å². The van der Waals surface area contributed by atoms with Gasteiger partial charge in [-0.2, -0.15) is 0 Å². The van der Waals surface area contributed by atoms with Crippen molar-refractivity contribution in [3.63, 3.8) is 0 Å². The number of nitrogens with zero attached hydrogens (tertiary/aromatic N) is 2. The van der Waals surface area contributed by atoms with E-state index in [1.165, 1.54) is 6.20 Å². The minimum atomic E-state index is -0.0349. The molecule has 2 aromatic rings. The quantitative estimate of drug-likeness (QED) is 0.910. The van der Waals surface area contributed by atoms with Crippen LogP contribution in [0, 0.1) is 6.92 Å². The topological polar surface area (TPSA) is 55.2 Å². The lowest BCUT2D eigenvalue weighted by atomic mass is 10.2. The summed E-state index contributed by atoms with van der Waals surface area (Å²) in [4.78, 5) is 8.04. The maximum Gasteiger partial charge on any atom is 0.222 e. The molecule has 2 heterocycles. The second kappa shape index (κ2) is 5.12. The summed E-state index contributed by atoms with van der Waals surface area (Å²) in [7, 11) is 0. The number of pyridine rings is 2. The lowest BCUT2D eigenvalue weighted by Crippen LogP contribution is -1.94. The third kappa shape index (κ3) is 2.93. The average Bonchev–Trinajstić information content (AvgIpc) is 2.32. The van der Waals surface area contributed by atoms with Gasteiger partial charge in [-0.25, -0.2) is 4.98 Å². The van der Waals surface area contributed by atoms with Gasteiger partial charge in [-0.05, 0) is 18.6 Å². The first-order valence-electron chi connectivity index (χ1n) is 5.04. The van der Waals surface area contributed by atoms with Crippen LogP contribution in [0.15, 0.2) is 30.7 Å². The lowest BCUT2D eigenvalue weighted by molar-refractivity contribution is 0.281. The molecular formula is C12H11ClN2O2. The SMILES string of the molecule is Cc1cc(CO)cnc1Oc1cncc(Cl)c1. The molecule has 0 fully saturated rings. The van der Waals surface area contributed by atoms with Crippen LogP contribution in [0.25, 0.3) is 0 Å². The van der Waals surface area contributed by atoms with Gasteiger partial charge in [-0.1, -0.05) is 11.6 Å². The molecule has 0 saturated carbocycles. The fraction of sp³-hybridized carbons (Fsp3) is 0.167. The van der Waals surface area contributed by atoms with Gasteiger partial charge in [-0.15, -0.1) is 0 Å². The Balaban J connectivity index is 2.24.